The molecule has 206 valence electrons. The van der Waals surface area contributed by atoms with Gasteiger partial charge in [-0.05, 0) is 78.3 Å². The first kappa shape index (κ1) is 35.0. The van der Waals surface area contributed by atoms with Gasteiger partial charge in [-0.1, -0.05) is 77.0 Å². The van der Waals surface area contributed by atoms with Crippen molar-refractivity contribution in [2.45, 2.75) is 168 Å². The quantitative estimate of drug-likeness (QED) is 0.104. The van der Waals surface area contributed by atoms with Gasteiger partial charge >= 0.3 is 17.1 Å². The largest absolute Gasteiger partial charge is 0.391 e. The summed E-state index contributed by atoms with van der Waals surface area (Å²) in [5, 5.41) is 0. The molecule has 0 radical (unpaired) electrons. The zero-order valence-corrected chi connectivity index (χ0v) is 28.2. The molecule has 0 aromatic carbocycles. The molecule has 6 atom stereocenters. The van der Waals surface area contributed by atoms with Gasteiger partial charge in [0.25, 0.3) is 0 Å². The van der Waals surface area contributed by atoms with Crippen molar-refractivity contribution in [2.24, 2.45) is 0 Å². The fourth-order valence-corrected chi connectivity index (χ4v) is 19.5. The molecule has 0 fully saturated rings. The first-order valence-electron chi connectivity index (χ1n) is 14.1. The van der Waals surface area contributed by atoms with Crippen LogP contribution in [-0.4, -0.2) is 51.3 Å². The normalized spacial score (nSPS) is 21.2. The Labute approximate surface area is 223 Å². The lowest BCUT2D eigenvalue weighted by Crippen LogP contribution is -2.56. The van der Waals surface area contributed by atoms with E-state index in [-0.39, 0.29) is 24.4 Å². The Morgan fingerprint density at radius 2 is 0.676 bits per heavy atom. The Hall–Kier alpha value is 0.974. The lowest BCUT2D eigenvalue weighted by atomic mass is 10.3. The summed E-state index contributed by atoms with van der Waals surface area (Å²) in [7, 11) is -0.825. The van der Waals surface area contributed by atoms with Crippen LogP contribution < -0.4 is 0 Å². The molecular formula is C26H58O4S2Si2. The van der Waals surface area contributed by atoms with Gasteiger partial charge in [0.05, 0.1) is 9.75 Å². The molecule has 0 amide bonds. The molecule has 0 spiro atoms. The molecule has 4 nitrogen and oxygen atoms in total. The van der Waals surface area contributed by atoms with E-state index < -0.39 is 17.1 Å². The summed E-state index contributed by atoms with van der Waals surface area (Å²) in [6, 6.07) is 1.96. The minimum absolute atomic E-state index is 0.226. The zero-order valence-electron chi connectivity index (χ0n) is 24.6. The molecule has 0 bridgehead atoms. The lowest BCUT2D eigenvalue weighted by molar-refractivity contribution is 0.0850. The smallest absolute Gasteiger partial charge is 0.352 e. The third-order valence-corrected chi connectivity index (χ3v) is 21.7. The highest BCUT2D eigenvalue weighted by molar-refractivity contribution is 8.77. The van der Waals surface area contributed by atoms with Crippen LogP contribution in [0.2, 0.25) is 12.1 Å². The van der Waals surface area contributed by atoms with Crippen molar-refractivity contribution in [1.82, 2.24) is 0 Å². The van der Waals surface area contributed by atoms with Gasteiger partial charge < -0.3 is 17.7 Å². The molecule has 0 N–H and O–H groups in total. The molecule has 0 aromatic rings. The van der Waals surface area contributed by atoms with E-state index in [4.69, 9.17) is 17.7 Å². The summed E-state index contributed by atoms with van der Waals surface area (Å²) < 4.78 is 27.3. The number of hydrogen-bond acceptors (Lipinski definition) is 6. The standard InChI is InChI=1S/C26H58O4S2Si2/c1-13-21(9)27-33(19-7,28-22(10)14-2)25(17-5)31-32-26(18-6)34(20-8,29-23(11)15-3)30-24(12)16-4/h21-26H,13-20H2,1-12H3. The van der Waals surface area contributed by atoms with E-state index in [0.29, 0.717) is 9.75 Å². The molecule has 0 saturated carbocycles. The van der Waals surface area contributed by atoms with Crippen LogP contribution in [-0.2, 0) is 17.7 Å². The summed E-state index contributed by atoms with van der Waals surface area (Å²) in [5.74, 6) is 0. The van der Waals surface area contributed by atoms with E-state index >= 15 is 0 Å². The van der Waals surface area contributed by atoms with Crippen LogP contribution in [0.4, 0.5) is 0 Å². The van der Waals surface area contributed by atoms with E-state index in [1.165, 1.54) is 0 Å². The van der Waals surface area contributed by atoms with Crippen LogP contribution in [0.5, 0.6) is 0 Å². The minimum atomic E-state index is -2.42. The van der Waals surface area contributed by atoms with E-state index in [1.54, 1.807) is 0 Å². The Morgan fingerprint density at radius 1 is 0.441 bits per heavy atom. The highest BCUT2D eigenvalue weighted by atomic mass is 33.1. The second-order valence-electron chi connectivity index (χ2n) is 9.66. The summed E-state index contributed by atoms with van der Waals surface area (Å²) >= 11 is 0. The Kier molecular flexibility index (Phi) is 18.8. The van der Waals surface area contributed by atoms with Gasteiger partial charge in [0.2, 0.25) is 0 Å². The minimum Gasteiger partial charge on any atom is -0.391 e. The van der Waals surface area contributed by atoms with Crippen molar-refractivity contribution < 1.29 is 17.7 Å². The van der Waals surface area contributed by atoms with Crippen molar-refractivity contribution in [3.8, 4) is 0 Å². The van der Waals surface area contributed by atoms with Gasteiger partial charge in [0.1, 0.15) is 0 Å². The maximum atomic E-state index is 6.84. The van der Waals surface area contributed by atoms with Crippen molar-refractivity contribution >= 4 is 38.7 Å². The third kappa shape index (κ3) is 10.8. The van der Waals surface area contributed by atoms with Crippen molar-refractivity contribution in [1.29, 1.82) is 0 Å². The second kappa shape index (κ2) is 18.3. The fraction of sp³-hybridized carbons (Fsp3) is 1.00. The number of rotatable bonds is 21. The molecular weight excluding hydrogens is 497 g/mol. The molecule has 6 unspecified atom stereocenters. The topological polar surface area (TPSA) is 36.9 Å². The first-order chi connectivity index (χ1) is 16.1. The van der Waals surface area contributed by atoms with E-state index in [0.717, 1.165) is 50.6 Å². The highest BCUT2D eigenvalue weighted by Gasteiger charge is 2.50. The zero-order chi connectivity index (χ0) is 26.4. The van der Waals surface area contributed by atoms with Crippen LogP contribution in [0.3, 0.4) is 0 Å². The molecule has 8 heteroatoms. The SMILES string of the molecule is CCC(C)O[Si](CC)(OC(C)CC)C(CC)SSC(CC)[Si](CC)(OC(C)CC)OC(C)CC. The predicted octanol–water partition coefficient (Wildman–Crippen LogP) is 9.19. The van der Waals surface area contributed by atoms with Crippen molar-refractivity contribution in [3.05, 3.63) is 0 Å². The summed E-state index contributed by atoms with van der Waals surface area (Å²) in [6.45, 7) is 26.8. The maximum Gasteiger partial charge on any atom is 0.352 e. The fourth-order valence-electron chi connectivity index (χ4n) is 3.88. The average molecular weight is 555 g/mol. The van der Waals surface area contributed by atoms with Gasteiger partial charge in [-0.15, -0.1) is 0 Å². The van der Waals surface area contributed by atoms with Gasteiger partial charge in [-0.2, -0.15) is 0 Å². The molecule has 0 aliphatic heterocycles. The predicted molar refractivity (Wildman–Crippen MR) is 159 cm³/mol. The monoisotopic (exact) mass is 554 g/mol. The van der Waals surface area contributed by atoms with Crippen LogP contribution >= 0.6 is 21.6 Å². The third-order valence-electron chi connectivity index (χ3n) is 6.90. The average Bonchev–Trinajstić information content (AvgIpc) is 2.85. The van der Waals surface area contributed by atoms with Gasteiger partial charge in [-0.3, -0.25) is 0 Å². The van der Waals surface area contributed by atoms with Gasteiger partial charge in [0, 0.05) is 24.4 Å². The van der Waals surface area contributed by atoms with Gasteiger partial charge in [0.15, 0.2) is 0 Å². The molecule has 0 rings (SSSR count). The Bertz CT molecular complexity index is 447. The molecule has 0 saturated heterocycles. The highest BCUT2D eigenvalue weighted by Crippen LogP contribution is 2.45. The molecule has 0 aromatic heterocycles. The Morgan fingerprint density at radius 3 is 0.824 bits per heavy atom. The van der Waals surface area contributed by atoms with Crippen LogP contribution in [0.25, 0.3) is 0 Å². The second-order valence-corrected chi connectivity index (χ2v) is 20.2. The van der Waals surface area contributed by atoms with E-state index in [2.05, 4.69) is 83.1 Å². The van der Waals surface area contributed by atoms with Crippen LogP contribution in [0.1, 0.15) is 122 Å². The number of hydrogen-bond donors (Lipinski definition) is 0. The van der Waals surface area contributed by atoms with Gasteiger partial charge in [-0.25, -0.2) is 0 Å². The molecule has 0 aliphatic carbocycles. The Balaban J connectivity index is 5.99. The van der Waals surface area contributed by atoms with E-state index in [9.17, 15) is 0 Å². The summed E-state index contributed by atoms with van der Waals surface area (Å²) in [6.07, 6.45) is 7.08. The molecule has 34 heavy (non-hydrogen) atoms. The maximum absolute atomic E-state index is 6.84. The summed E-state index contributed by atoms with van der Waals surface area (Å²) in [5.41, 5.74) is 0. The van der Waals surface area contributed by atoms with Crippen molar-refractivity contribution in [2.75, 3.05) is 0 Å². The van der Waals surface area contributed by atoms with Crippen molar-refractivity contribution in [3.63, 3.8) is 0 Å². The van der Waals surface area contributed by atoms with Crippen LogP contribution in [0, 0.1) is 0 Å². The molecule has 0 aliphatic rings. The van der Waals surface area contributed by atoms with E-state index in [1.807, 2.05) is 21.6 Å². The van der Waals surface area contributed by atoms with Crippen LogP contribution in [0.15, 0.2) is 0 Å². The molecule has 0 heterocycles. The lowest BCUT2D eigenvalue weighted by Gasteiger charge is -2.42. The first-order valence-corrected chi connectivity index (χ1v) is 20.6. The summed E-state index contributed by atoms with van der Waals surface area (Å²) in [4.78, 5) is 0.741.